The van der Waals surface area contributed by atoms with Gasteiger partial charge in [0.25, 0.3) is 5.95 Å². The van der Waals surface area contributed by atoms with Gasteiger partial charge in [-0.05, 0) is 18.1 Å². The van der Waals surface area contributed by atoms with Gasteiger partial charge in [-0.15, -0.1) is 0 Å². The van der Waals surface area contributed by atoms with Crippen LogP contribution in [0.1, 0.15) is 18.1 Å². The van der Waals surface area contributed by atoms with E-state index in [9.17, 15) is 0 Å². The lowest BCUT2D eigenvalue weighted by atomic mass is 10.2. The van der Waals surface area contributed by atoms with E-state index in [4.69, 9.17) is 4.74 Å². The molecule has 0 N–H and O–H groups in total. The van der Waals surface area contributed by atoms with Gasteiger partial charge in [-0.3, -0.25) is 0 Å². The maximum Gasteiger partial charge on any atom is 0.253 e. The lowest BCUT2D eigenvalue weighted by Gasteiger charge is -2.10. The van der Waals surface area contributed by atoms with E-state index in [0.717, 1.165) is 17.5 Å². The molecule has 0 saturated heterocycles. The molecule has 3 aromatic rings. The van der Waals surface area contributed by atoms with Crippen molar-refractivity contribution in [3.63, 3.8) is 0 Å². The summed E-state index contributed by atoms with van der Waals surface area (Å²) in [5.74, 6) is 1.13. The zero-order chi connectivity index (χ0) is 14.5. The number of aromatic nitrogens is 4. The van der Waals surface area contributed by atoms with Gasteiger partial charge < -0.3 is 4.74 Å². The number of benzene rings is 1. The van der Waals surface area contributed by atoms with Crippen LogP contribution in [0.15, 0.2) is 55.0 Å². The quantitative estimate of drug-likeness (QED) is 0.721. The summed E-state index contributed by atoms with van der Waals surface area (Å²) in [6.07, 6.45) is 6.12. The molecule has 0 spiro atoms. The first kappa shape index (κ1) is 13.3. The van der Waals surface area contributed by atoms with Gasteiger partial charge in [-0.2, -0.15) is 10.1 Å². The second-order valence-corrected chi connectivity index (χ2v) is 4.58. The van der Waals surface area contributed by atoms with Crippen LogP contribution in [0.2, 0.25) is 0 Å². The summed E-state index contributed by atoms with van der Waals surface area (Å²) in [5.41, 5.74) is 2.10. The molecule has 0 radical (unpaired) electrons. The predicted molar refractivity (Wildman–Crippen MR) is 79.3 cm³/mol. The number of hydrogen-bond donors (Lipinski definition) is 0. The van der Waals surface area contributed by atoms with Crippen LogP contribution in [0, 0.1) is 0 Å². The summed E-state index contributed by atoms with van der Waals surface area (Å²) in [7, 11) is 0. The van der Waals surface area contributed by atoms with Gasteiger partial charge in [-0.1, -0.05) is 37.3 Å². The van der Waals surface area contributed by atoms with E-state index in [-0.39, 0.29) is 0 Å². The number of nitrogens with zero attached hydrogens (tertiary/aromatic N) is 4. The molecule has 0 bridgehead atoms. The first-order valence-electron chi connectivity index (χ1n) is 6.89. The second-order valence-electron chi connectivity index (χ2n) is 4.58. The molecule has 5 heteroatoms. The molecule has 0 aliphatic rings. The zero-order valence-corrected chi connectivity index (χ0v) is 11.8. The van der Waals surface area contributed by atoms with Crippen molar-refractivity contribution in [3.8, 4) is 11.8 Å². The smallest absolute Gasteiger partial charge is 0.253 e. The molecule has 0 atom stereocenters. The topological polar surface area (TPSA) is 52.8 Å². The van der Waals surface area contributed by atoms with Crippen molar-refractivity contribution in [2.75, 3.05) is 0 Å². The Morgan fingerprint density at radius 2 is 2.00 bits per heavy atom. The summed E-state index contributed by atoms with van der Waals surface area (Å²) >= 11 is 0. The van der Waals surface area contributed by atoms with Crippen LogP contribution in [-0.4, -0.2) is 19.7 Å². The van der Waals surface area contributed by atoms with Crippen molar-refractivity contribution < 1.29 is 4.74 Å². The van der Waals surface area contributed by atoms with Crippen LogP contribution >= 0.6 is 0 Å². The van der Waals surface area contributed by atoms with E-state index < -0.39 is 0 Å². The highest BCUT2D eigenvalue weighted by molar-refractivity contribution is 5.28. The normalized spacial score (nSPS) is 10.5. The third kappa shape index (κ3) is 3.08. The molecule has 1 aromatic carbocycles. The van der Waals surface area contributed by atoms with Gasteiger partial charge in [0.05, 0.1) is 0 Å². The van der Waals surface area contributed by atoms with E-state index in [1.54, 1.807) is 17.1 Å². The molecule has 2 aromatic heterocycles. The maximum atomic E-state index is 5.86. The minimum Gasteiger partial charge on any atom is -0.472 e. The molecule has 0 aliphatic heterocycles. The molecule has 2 heterocycles. The first-order chi connectivity index (χ1) is 10.4. The molecule has 0 aliphatic carbocycles. The maximum absolute atomic E-state index is 5.86. The average molecular weight is 280 g/mol. The summed E-state index contributed by atoms with van der Waals surface area (Å²) in [4.78, 5) is 8.79. The van der Waals surface area contributed by atoms with Crippen LogP contribution < -0.4 is 4.74 Å². The summed E-state index contributed by atoms with van der Waals surface area (Å²) in [5, 5.41) is 4.14. The minimum absolute atomic E-state index is 0.489. The van der Waals surface area contributed by atoms with E-state index in [0.29, 0.717) is 18.4 Å². The van der Waals surface area contributed by atoms with Crippen LogP contribution in [0.3, 0.4) is 0 Å². The van der Waals surface area contributed by atoms with Crippen LogP contribution in [0.4, 0.5) is 0 Å². The Hall–Kier alpha value is -2.69. The minimum atomic E-state index is 0.489. The molecule has 0 saturated carbocycles. The third-order valence-corrected chi connectivity index (χ3v) is 3.12. The monoisotopic (exact) mass is 280 g/mol. The highest BCUT2D eigenvalue weighted by Crippen LogP contribution is 2.18. The molecule has 106 valence electrons. The summed E-state index contributed by atoms with van der Waals surface area (Å²) in [6, 6.07) is 11.9. The summed E-state index contributed by atoms with van der Waals surface area (Å²) in [6.45, 7) is 2.55. The molecule has 0 amide bonds. The van der Waals surface area contributed by atoms with Crippen molar-refractivity contribution in [2.24, 2.45) is 0 Å². The molecule has 5 nitrogen and oxygen atoms in total. The number of rotatable bonds is 5. The SMILES string of the molecule is CCc1cnc(-n2cccn2)nc1OCc1ccccc1. The molecule has 0 unspecified atom stereocenters. The molecular formula is C16H16N4O. The Balaban J connectivity index is 1.84. The van der Waals surface area contributed by atoms with Crippen molar-refractivity contribution >= 4 is 0 Å². The van der Waals surface area contributed by atoms with Crippen LogP contribution in [0.5, 0.6) is 5.88 Å². The van der Waals surface area contributed by atoms with Gasteiger partial charge in [0.1, 0.15) is 6.61 Å². The number of hydrogen-bond acceptors (Lipinski definition) is 4. The Kier molecular flexibility index (Phi) is 3.91. The van der Waals surface area contributed by atoms with Crippen LogP contribution in [-0.2, 0) is 13.0 Å². The Bertz CT molecular complexity index is 696. The van der Waals surface area contributed by atoms with Crippen molar-refractivity contribution in [3.05, 3.63) is 66.1 Å². The third-order valence-electron chi connectivity index (χ3n) is 3.12. The highest BCUT2D eigenvalue weighted by Gasteiger charge is 2.09. The first-order valence-corrected chi connectivity index (χ1v) is 6.89. The van der Waals surface area contributed by atoms with Crippen molar-refractivity contribution in [1.82, 2.24) is 19.7 Å². The lowest BCUT2D eigenvalue weighted by molar-refractivity contribution is 0.289. The second kappa shape index (κ2) is 6.17. The van der Waals surface area contributed by atoms with E-state index in [1.165, 1.54) is 0 Å². The van der Waals surface area contributed by atoms with E-state index in [2.05, 4.69) is 22.0 Å². The van der Waals surface area contributed by atoms with Gasteiger partial charge in [-0.25, -0.2) is 9.67 Å². The molecule has 21 heavy (non-hydrogen) atoms. The fourth-order valence-electron chi connectivity index (χ4n) is 1.97. The van der Waals surface area contributed by atoms with Crippen LogP contribution in [0.25, 0.3) is 5.95 Å². The summed E-state index contributed by atoms with van der Waals surface area (Å²) < 4.78 is 7.48. The van der Waals surface area contributed by atoms with Gasteiger partial charge in [0.15, 0.2) is 0 Å². The Labute approximate surface area is 123 Å². The van der Waals surface area contributed by atoms with Gasteiger partial charge in [0, 0.05) is 24.2 Å². The lowest BCUT2D eigenvalue weighted by Crippen LogP contribution is -2.07. The fourth-order valence-corrected chi connectivity index (χ4v) is 1.97. The average Bonchev–Trinajstić information content (AvgIpc) is 3.08. The zero-order valence-electron chi connectivity index (χ0n) is 11.8. The van der Waals surface area contributed by atoms with E-state index in [1.807, 2.05) is 42.6 Å². The number of ether oxygens (including phenoxy) is 1. The molecule has 0 fully saturated rings. The Morgan fingerprint density at radius 3 is 2.71 bits per heavy atom. The largest absolute Gasteiger partial charge is 0.472 e. The predicted octanol–water partition coefficient (Wildman–Crippen LogP) is 2.80. The molecular weight excluding hydrogens is 264 g/mol. The van der Waals surface area contributed by atoms with E-state index >= 15 is 0 Å². The molecule has 3 rings (SSSR count). The fraction of sp³-hybridized carbons (Fsp3) is 0.188. The highest BCUT2D eigenvalue weighted by atomic mass is 16.5. The Morgan fingerprint density at radius 1 is 1.14 bits per heavy atom. The number of aryl methyl sites for hydroxylation is 1. The van der Waals surface area contributed by atoms with Crippen molar-refractivity contribution in [2.45, 2.75) is 20.0 Å². The van der Waals surface area contributed by atoms with Gasteiger partial charge in [0.2, 0.25) is 5.88 Å². The van der Waals surface area contributed by atoms with Crippen molar-refractivity contribution in [1.29, 1.82) is 0 Å². The standard InChI is InChI=1S/C16H16N4O/c1-2-14-11-17-16(20-10-6-9-18-20)19-15(14)21-12-13-7-4-3-5-8-13/h3-11H,2,12H2,1H3. The van der Waals surface area contributed by atoms with Gasteiger partial charge >= 0.3 is 0 Å².